The fourth-order valence-corrected chi connectivity index (χ4v) is 2.38. The van der Waals surface area contributed by atoms with Gasteiger partial charge in [0.25, 0.3) is 0 Å². The topological polar surface area (TPSA) is 86.7 Å². The number of Topliss-reactive ketones (excluding diaryl/α,β-unsaturated/α-hetero) is 1. The van der Waals surface area contributed by atoms with Crippen molar-refractivity contribution < 1.29 is 66.0 Å². The molecule has 5 nitrogen and oxygen atoms in total. The number of carbonyl (C=O) groups is 1. The standard InChI is InChI=1S/C20H33N2O3.K/c1-15(23)17-14-16(6-7-18(17)21)8-11-22-12-9-20(4,5)25-13-10-19(2,3)24;/h6-7,14,24H,8-13,21H2,1-5H3;/q-1;+1. The SMILES string of the molecule is CC(=O)c1cc(CC[N-]CCC(C)(C)OCCC(C)(C)O)ccc1N.[K+]. The minimum Gasteiger partial charge on any atom is -0.662 e. The maximum Gasteiger partial charge on any atom is 1.00 e. The summed E-state index contributed by atoms with van der Waals surface area (Å²) in [7, 11) is 0. The Labute approximate surface area is 200 Å². The summed E-state index contributed by atoms with van der Waals surface area (Å²) in [6.45, 7) is 11.2. The summed E-state index contributed by atoms with van der Waals surface area (Å²) in [5.74, 6) is -0.0127. The van der Waals surface area contributed by atoms with Gasteiger partial charge in [0.15, 0.2) is 5.78 Å². The normalized spacial score (nSPS) is 11.9. The molecule has 26 heavy (non-hydrogen) atoms. The van der Waals surface area contributed by atoms with Crippen LogP contribution in [-0.4, -0.2) is 41.8 Å². The van der Waals surface area contributed by atoms with Gasteiger partial charge in [-0.15, -0.1) is 13.1 Å². The zero-order valence-electron chi connectivity index (χ0n) is 17.3. The third-order valence-corrected chi connectivity index (χ3v) is 4.13. The average Bonchev–Trinajstić information content (AvgIpc) is 2.46. The molecule has 1 aromatic rings. The average molecular weight is 389 g/mol. The van der Waals surface area contributed by atoms with E-state index in [1.807, 2.05) is 26.0 Å². The zero-order chi connectivity index (χ0) is 19.1. The quantitative estimate of drug-likeness (QED) is 0.253. The molecule has 0 unspecified atom stereocenters. The Morgan fingerprint density at radius 3 is 2.42 bits per heavy atom. The molecule has 0 aliphatic rings. The molecular weight excluding hydrogens is 355 g/mol. The van der Waals surface area contributed by atoms with Gasteiger partial charge in [0.1, 0.15) is 0 Å². The number of nitrogens with two attached hydrogens (primary N) is 1. The van der Waals surface area contributed by atoms with E-state index in [1.165, 1.54) is 6.92 Å². The summed E-state index contributed by atoms with van der Waals surface area (Å²) in [6.07, 6.45) is 2.24. The Morgan fingerprint density at radius 2 is 1.85 bits per heavy atom. The molecule has 1 aromatic carbocycles. The van der Waals surface area contributed by atoms with Crippen molar-refractivity contribution in [3.05, 3.63) is 34.6 Å². The van der Waals surface area contributed by atoms with Gasteiger partial charge in [0, 0.05) is 17.9 Å². The van der Waals surface area contributed by atoms with Gasteiger partial charge in [0.2, 0.25) is 0 Å². The minimum atomic E-state index is -0.696. The van der Waals surface area contributed by atoms with E-state index < -0.39 is 5.60 Å². The van der Waals surface area contributed by atoms with Crippen molar-refractivity contribution in [2.75, 3.05) is 25.4 Å². The number of anilines is 1. The van der Waals surface area contributed by atoms with Crippen LogP contribution in [0.15, 0.2) is 18.2 Å². The molecule has 6 heteroatoms. The van der Waals surface area contributed by atoms with Crippen LogP contribution in [-0.2, 0) is 11.2 Å². The molecule has 0 aliphatic heterocycles. The number of ether oxygens (including phenoxy) is 1. The van der Waals surface area contributed by atoms with Crippen LogP contribution in [0.3, 0.4) is 0 Å². The molecular formula is C20H33KN2O3. The van der Waals surface area contributed by atoms with E-state index in [0.29, 0.717) is 30.8 Å². The van der Waals surface area contributed by atoms with Crippen LogP contribution in [0, 0.1) is 0 Å². The largest absolute Gasteiger partial charge is 1.00 e. The van der Waals surface area contributed by atoms with Crippen molar-refractivity contribution in [3.63, 3.8) is 0 Å². The molecule has 0 aliphatic carbocycles. The number of nitrogens with zero attached hydrogens (tertiary/aromatic N) is 1. The molecule has 0 heterocycles. The van der Waals surface area contributed by atoms with Gasteiger partial charge in [-0.25, -0.2) is 0 Å². The molecule has 0 radical (unpaired) electrons. The van der Waals surface area contributed by atoms with Crippen LogP contribution in [0.25, 0.3) is 5.32 Å². The molecule has 3 N–H and O–H groups in total. The van der Waals surface area contributed by atoms with E-state index in [4.69, 9.17) is 10.5 Å². The number of rotatable bonds is 11. The molecule has 0 atom stereocenters. The second-order valence-electron chi connectivity index (χ2n) is 7.82. The van der Waals surface area contributed by atoms with Gasteiger partial charge in [-0.2, -0.15) is 0 Å². The van der Waals surface area contributed by atoms with Crippen molar-refractivity contribution in [3.8, 4) is 0 Å². The second-order valence-corrected chi connectivity index (χ2v) is 7.82. The summed E-state index contributed by atoms with van der Waals surface area (Å²) in [4.78, 5) is 11.5. The summed E-state index contributed by atoms with van der Waals surface area (Å²) in [5, 5.41) is 14.3. The van der Waals surface area contributed by atoms with E-state index in [-0.39, 0.29) is 62.8 Å². The van der Waals surface area contributed by atoms with Gasteiger partial charge < -0.3 is 20.9 Å². The van der Waals surface area contributed by atoms with Crippen molar-refractivity contribution in [2.24, 2.45) is 0 Å². The molecule has 0 fully saturated rings. The van der Waals surface area contributed by atoms with E-state index in [2.05, 4.69) is 5.32 Å². The minimum absolute atomic E-state index is 0. The van der Waals surface area contributed by atoms with Crippen LogP contribution in [0.2, 0.25) is 0 Å². The van der Waals surface area contributed by atoms with Crippen LogP contribution in [0.1, 0.15) is 63.4 Å². The van der Waals surface area contributed by atoms with Crippen LogP contribution in [0.4, 0.5) is 5.69 Å². The van der Waals surface area contributed by atoms with E-state index in [9.17, 15) is 9.90 Å². The maximum absolute atomic E-state index is 11.5. The van der Waals surface area contributed by atoms with E-state index in [0.717, 1.165) is 24.9 Å². The molecule has 1 rings (SSSR count). The monoisotopic (exact) mass is 388 g/mol. The molecule has 0 saturated heterocycles. The smallest absolute Gasteiger partial charge is 0.662 e. The fourth-order valence-electron chi connectivity index (χ4n) is 2.38. The Hall–Kier alpha value is 0.206. The first-order valence-electron chi connectivity index (χ1n) is 8.89. The summed E-state index contributed by atoms with van der Waals surface area (Å²) in [6, 6.07) is 5.59. The summed E-state index contributed by atoms with van der Waals surface area (Å²) >= 11 is 0. The van der Waals surface area contributed by atoms with Crippen molar-refractivity contribution in [2.45, 2.75) is 65.1 Å². The Morgan fingerprint density at radius 1 is 1.19 bits per heavy atom. The van der Waals surface area contributed by atoms with Crippen LogP contribution in [0.5, 0.6) is 0 Å². The van der Waals surface area contributed by atoms with Crippen molar-refractivity contribution in [1.29, 1.82) is 0 Å². The van der Waals surface area contributed by atoms with Gasteiger partial charge in [0.05, 0.1) is 11.2 Å². The number of nitrogen functional groups attached to an aromatic ring is 1. The van der Waals surface area contributed by atoms with E-state index >= 15 is 0 Å². The maximum atomic E-state index is 11.5. The number of hydrogen-bond acceptors (Lipinski definition) is 4. The number of hydrogen-bond donors (Lipinski definition) is 2. The Balaban J connectivity index is 0.00000625. The van der Waals surface area contributed by atoms with Crippen LogP contribution < -0.4 is 57.1 Å². The van der Waals surface area contributed by atoms with E-state index in [1.54, 1.807) is 19.9 Å². The van der Waals surface area contributed by atoms with Gasteiger partial charge >= 0.3 is 51.4 Å². The molecule has 0 amide bonds. The predicted octanol–water partition coefficient (Wildman–Crippen LogP) is 0.738. The Kier molecular flexibility index (Phi) is 12.0. The van der Waals surface area contributed by atoms with Crippen LogP contribution >= 0.6 is 0 Å². The predicted molar refractivity (Wildman–Crippen MR) is 103 cm³/mol. The Bertz CT molecular complexity index is 569. The molecule has 0 aromatic heterocycles. The van der Waals surface area contributed by atoms with Crippen molar-refractivity contribution >= 4 is 11.5 Å². The molecule has 142 valence electrons. The fraction of sp³-hybridized carbons (Fsp3) is 0.650. The number of carbonyl (C=O) groups excluding carboxylic acids is 1. The number of ketones is 1. The molecule has 0 spiro atoms. The third kappa shape index (κ3) is 11.1. The van der Waals surface area contributed by atoms with Gasteiger partial charge in [-0.3, -0.25) is 4.79 Å². The number of benzene rings is 1. The first-order chi connectivity index (χ1) is 11.5. The molecule has 0 bridgehead atoms. The van der Waals surface area contributed by atoms with Gasteiger partial charge in [-0.05, 0) is 71.6 Å². The van der Waals surface area contributed by atoms with Gasteiger partial charge in [-0.1, -0.05) is 6.07 Å². The zero-order valence-corrected chi connectivity index (χ0v) is 20.4. The van der Waals surface area contributed by atoms with Crippen molar-refractivity contribution in [1.82, 2.24) is 0 Å². The summed E-state index contributed by atoms with van der Waals surface area (Å²) < 4.78 is 5.85. The first-order valence-corrected chi connectivity index (χ1v) is 8.89. The first kappa shape index (κ1) is 26.2. The number of aliphatic hydroxyl groups is 1. The second kappa shape index (κ2) is 11.9. The summed E-state index contributed by atoms with van der Waals surface area (Å²) in [5.41, 5.74) is 7.04. The molecule has 0 saturated carbocycles. The third-order valence-electron chi connectivity index (χ3n) is 4.13.